The van der Waals surface area contributed by atoms with Crippen molar-refractivity contribution in [3.63, 3.8) is 0 Å². The lowest BCUT2D eigenvalue weighted by Crippen LogP contribution is -2.31. The zero-order valence-corrected chi connectivity index (χ0v) is 16.2. The molecule has 1 heterocycles. The second-order valence-corrected chi connectivity index (χ2v) is 7.83. The van der Waals surface area contributed by atoms with Gasteiger partial charge in [0.15, 0.2) is 5.82 Å². The van der Waals surface area contributed by atoms with Crippen molar-refractivity contribution in [1.82, 2.24) is 14.7 Å². The molecule has 0 saturated heterocycles. The predicted molar refractivity (Wildman–Crippen MR) is 98.7 cm³/mol. The maximum atomic E-state index is 12.0. The van der Waals surface area contributed by atoms with Gasteiger partial charge in [-0.3, -0.25) is 4.72 Å². The Kier molecular flexibility index (Phi) is 6.12. The molecular weight excluding hydrogens is 483 g/mol. The van der Waals surface area contributed by atoms with Gasteiger partial charge in [0.05, 0.1) is 5.56 Å². The van der Waals surface area contributed by atoms with Gasteiger partial charge in [-0.05, 0) is 46.7 Å². The summed E-state index contributed by atoms with van der Waals surface area (Å²) in [4.78, 5) is 8.21. The van der Waals surface area contributed by atoms with Crippen molar-refractivity contribution in [2.24, 2.45) is 0 Å². The summed E-state index contributed by atoms with van der Waals surface area (Å²) in [7, 11) is -3.66. The highest BCUT2D eigenvalue weighted by atomic mass is 127. The molecule has 2 N–H and O–H groups in total. The summed E-state index contributed by atoms with van der Waals surface area (Å²) < 4.78 is 30.6. The number of halogens is 2. The van der Waals surface area contributed by atoms with Crippen molar-refractivity contribution in [1.29, 1.82) is 0 Å². The lowest BCUT2D eigenvalue weighted by molar-refractivity contribution is 0.586. The number of hydrogen-bond donors (Lipinski definition) is 2. The fraction of sp³-hybridized carbons (Fsp3) is 0.231. The Morgan fingerprint density at radius 1 is 1.23 bits per heavy atom. The highest BCUT2D eigenvalue weighted by molar-refractivity contribution is 14.1. The first kappa shape index (κ1) is 17.6. The topological polar surface area (TPSA) is 84.0 Å². The molecule has 0 saturated carbocycles. The van der Waals surface area contributed by atoms with E-state index in [9.17, 15) is 8.42 Å². The zero-order valence-electron chi connectivity index (χ0n) is 11.7. The van der Waals surface area contributed by atoms with Crippen LogP contribution >= 0.6 is 38.5 Å². The molecule has 0 atom stereocenters. The Bertz CT molecular complexity index is 753. The van der Waals surface area contributed by atoms with E-state index in [0.717, 1.165) is 10.0 Å². The van der Waals surface area contributed by atoms with E-state index in [2.05, 4.69) is 57.9 Å². The number of rotatable bonds is 6. The van der Waals surface area contributed by atoms with E-state index < -0.39 is 10.2 Å². The smallest absolute Gasteiger partial charge is 0.254 e. The summed E-state index contributed by atoms with van der Waals surface area (Å²) in [6.07, 6.45) is 2.05. The van der Waals surface area contributed by atoms with E-state index in [1.807, 2.05) is 31.2 Å². The minimum Gasteiger partial charge on any atom is -0.254 e. The molecule has 0 spiro atoms. The molecular formula is C13H14BrIN4O2S. The normalized spacial score (nSPS) is 11.4. The maximum Gasteiger partial charge on any atom is 0.300 e. The Morgan fingerprint density at radius 3 is 2.55 bits per heavy atom. The summed E-state index contributed by atoms with van der Waals surface area (Å²) in [6.45, 7) is 2.26. The van der Waals surface area contributed by atoms with Crippen LogP contribution in [0.4, 0.5) is 5.82 Å². The molecule has 1 aromatic heterocycles. The van der Waals surface area contributed by atoms with Crippen molar-refractivity contribution in [2.75, 3.05) is 11.3 Å². The van der Waals surface area contributed by atoms with Crippen LogP contribution in [0.3, 0.4) is 0 Å². The SMILES string of the molecule is CCCNS(=O)(=O)Nc1ncnc(I)c1-c1ccc(Br)cc1. The van der Waals surface area contributed by atoms with Crippen molar-refractivity contribution >= 4 is 54.5 Å². The molecule has 2 aromatic rings. The molecule has 1 aromatic carbocycles. The Balaban J connectivity index is 2.41. The molecule has 22 heavy (non-hydrogen) atoms. The third kappa shape index (κ3) is 4.61. The number of aromatic nitrogens is 2. The van der Waals surface area contributed by atoms with Crippen LogP contribution in [0.5, 0.6) is 0 Å². The third-order valence-corrected chi connectivity index (χ3v) is 5.10. The average Bonchev–Trinajstić information content (AvgIpc) is 2.46. The van der Waals surface area contributed by atoms with Gasteiger partial charge in [-0.1, -0.05) is 35.0 Å². The Labute approximate surface area is 151 Å². The number of benzene rings is 1. The molecule has 0 fully saturated rings. The van der Waals surface area contributed by atoms with Crippen LogP contribution in [0, 0.1) is 3.70 Å². The molecule has 0 aliphatic heterocycles. The van der Waals surface area contributed by atoms with Crippen molar-refractivity contribution in [3.05, 3.63) is 38.8 Å². The van der Waals surface area contributed by atoms with Crippen LogP contribution in [0.1, 0.15) is 13.3 Å². The van der Waals surface area contributed by atoms with Gasteiger partial charge in [-0.25, -0.2) is 9.97 Å². The highest BCUT2D eigenvalue weighted by Crippen LogP contribution is 2.31. The fourth-order valence-corrected chi connectivity index (χ4v) is 3.62. The van der Waals surface area contributed by atoms with Gasteiger partial charge in [0.2, 0.25) is 0 Å². The number of nitrogens with zero attached hydrogens (tertiary/aromatic N) is 2. The fourth-order valence-electron chi connectivity index (χ4n) is 1.71. The zero-order chi connectivity index (χ0) is 16.2. The second kappa shape index (κ2) is 7.66. The van der Waals surface area contributed by atoms with Crippen LogP contribution in [-0.2, 0) is 10.2 Å². The summed E-state index contributed by atoms with van der Waals surface area (Å²) in [5.74, 6) is 0.255. The van der Waals surface area contributed by atoms with E-state index in [-0.39, 0.29) is 5.82 Å². The molecule has 0 amide bonds. The summed E-state index contributed by atoms with van der Waals surface area (Å²) in [5.41, 5.74) is 1.49. The van der Waals surface area contributed by atoms with Crippen LogP contribution in [0.15, 0.2) is 35.1 Å². The van der Waals surface area contributed by atoms with E-state index in [0.29, 0.717) is 22.2 Å². The quantitative estimate of drug-likeness (QED) is 0.475. The van der Waals surface area contributed by atoms with E-state index >= 15 is 0 Å². The molecule has 6 nitrogen and oxygen atoms in total. The molecule has 0 aliphatic rings. The van der Waals surface area contributed by atoms with Crippen molar-refractivity contribution < 1.29 is 8.42 Å². The number of anilines is 1. The van der Waals surface area contributed by atoms with Gasteiger partial charge in [0, 0.05) is 11.0 Å². The predicted octanol–water partition coefficient (Wildman–Crippen LogP) is 3.17. The van der Waals surface area contributed by atoms with E-state index in [1.165, 1.54) is 6.33 Å². The van der Waals surface area contributed by atoms with Crippen molar-refractivity contribution in [2.45, 2.75) is 13.3 Å². The van der Waals surface area contributed by atoms with Gasteiger partial charge in [-0.15, -0.1) is 0 Å². The van der Waals surface area contributed by atoms with E-state index in [4.69, 9.17) is 0 Å². The molecule has 2 rings (SSSR count). The maximum absolute atomic E-state index is 12.0. The van der Waals surface area contributed by atoms with Gasteiger partial charge in [-0.2, -0.15) is 13.1 Å². The number of nitrogens with one attached hydrogen (secondary N) is 2. The van der Waals surface area contributed by atoms with Gasteiger partial charge < -0.3 is 0 Å². The van der Waals surface area contributed by atoms with Gasteiger partial charge in [0.1, 0.15) is 10.0 Å². The molecule has 0 aliphatic carbocycles. The van der Waals surface area contributed by atoms with Crippen molar-refractivity contribution in [3.8, 4) is 11.1 Å². The molecule has 0 bridgehead atoms. The Morgan fingerprint density at radius 2 is 1.91 bits per heavy atom. The van der Waals surface area contributed by atoms with Crippen LogP contribution in [0.25, 0.3) is 11.1 Å². The number of hydrogen-bond acceptors (Lipinski definition) is 4. The highest BCUT2D eigenvalue weighted by Gasteiger charge is 2.17. The minimum atomic E-state index is -3.66. The largest absolute Gasteiger partial charge is 0.300 e. The summed E-state index contributed by atoms with van der Waals surface area (Å²) in [5, 5.41) is 0. The molecule has 0 radical (unpaired) electrons. The molecule has 0 unspecified atom stereocenters. The van der Waals surface area contributed by atoms with Crippen LogP contribution < -0.4 is 9.44 Å². The third-order valence-electron chi connectivity index (χ3n) is 2.71. The molecule has 118 valence electrons. The Hall–Kier alpha value is -0.780. The summed E-state index contributed by atoms with van der Waals surface area (Å²) in [6, 6.07) is 7.52. The summed E-state index contributed by atoms with van der Waals surface area (Å²) >= 11 is 5.44. The first-order valence-corrected chi connectivity index (χ1v) is 9.82. The van der Waals surface area contributed by atoms with Crippen LogP contribution in [0.2, 0.25) is 0 Å². The minimum absolute atomic E-state index is 0.255. The molecule has 9 heteroatoms. The first-order chi connectivity index (χ1) is 10.4. The lowest BCUT2D eigenvalue weighted by Gasteiger charge is -2.13. The first-order valence-electron chi connectivity index (χ1n) is 6.47. The monoisotopic (exact) mass is 496 g/mol. The van der Waals surface area contributed by atoms with Gasteiger partial charge >= 0.3 is 0 Å². The lowest BCUT2D eigenvalue weighted by atomic mass is 10.1. The van der Waals surface area contributed by atoms with Crippen LogP contribution in [-0.4, -0.2) is 24.9 Å². The average molecular weight is 497 g/mol. The standard InChI is InChI=1S/C13H14BrIN4O2S/c1-2-7-18-22(20,21)19-13-11(12(15)16-8-17-13)9-3-5-10(14)6-4-9/h3-6,8,18H,2,7H2,1H3,(H,16,17,19). The second-order valence-electron chi connectivity index (χ2n) is 4.39. The van der Waals surface area contributed by atoms with E-state index in [1.54, 1.807) is 0 Å². The van der Waals surface area contributed by atoms with Gasteiger partial charge in [0.25, 0.3) is 10.2 Å².